The van der Waals surface area contributed by atoms with Crippen molar-refractivity contribution in [2.75, 3.05) is 43.4 Å². The van der Waals surface area contributed by atoms with Gasteiger partial charge < -0.3 is 15.1 Å². The first-order valence-electron chi connectivity index (χ1n) is 13.2. The highest BCUT2D eigenvalue weighted by Crippen LogP contribution is 2.31. The van der Waals surface area contributed by atoms with Crippen LogP contribution in [0.2, 0.25) is 0 Å². The van der Waals surface area contributed by atoms with Crippen molar-refractivity contribution in [3.8, 4) is 22.3 Å². The Labute approximate surface area is 228 Å². The molecule has 6 heteroatoms. The number of piperazine rings is 1. The third-order valence-electron chi connectivity index (χ3n) is 7.47. The third-order valence-corrected chi connectivity index (χ3v) is 7.47. The van der Waals surface area contributed by atoms with Crippen molar-refractivity contribution >= 4 is 28.8 Å². The first-order valence-corrected chi connectivity index (χ1v) is 13.2. The molecule has 6 rings (SSSR count). The predicted molar refractivity (Wildman–Crippen MR) is 158 cm³/mol. The van der Waals surface area contributed by atoms with E-state index in [1.165, 1.54) is 5.69 Å². The van der Waals surface area contributed by atoms with Gasteiger partial charge in [-0.3, -0.25) is 14.9 Å². The zero-order chi connectivity index (χ0) is 26.8. The van der Waals surface area contributed by atoms with Crippen LogP contribution in [-0.2, 0) is 4.79 Å². The molecule has 4 aromatic rings. The summed E-state index contributed by atoms with van der Waals surface area (Å²) in [6.07, 6.45) is 1.69. The third kappa shape index (κ3) is 5.19. The summed E-state index contributed by atoms with van der Waals surface area (Å²) < 4.78 is 0. The lowest BCUT2D eigenvalue weighted by molar-refractivity contribution is -0.114. The minimum absolute atomic E-state index is 0.380. The van der Waals surface area contributed by atoms with Gasteiger partial charge >= 0.3 is 0 Å². The Balaban J connectivity index is 1.25. The lowest BCUT2D eigenvalue weighted by Crippen LogP contribution is -2.44. The van der Waals surface area contributed by atoms with Crippen LogP contribution in [0.15, 0.2) is 103 Å². The van der Waals surface area contributed by atoms with E-state index in [2.05, 4.69) is 76.0 Å². The maximum Gasteiger partial charge on any atom is 0.260 e. The summed E-state index contributed by atoms with van der Waals surface area (Å²) in [6.45, 7) is 4.13. The summed E-state index contributed by atoms with van der Waals surface area (Å²) in [6, 6.07) is 32.4. The van der Waals surface area contributed by atoms with Crippen molar-refractivity contribution < 1.29 is 9.59 Å². The summed E-state index contributed by atoms with van der Waals surface area (Å²) in [7, 11) is 2.15. The van der Waals surface area contributed by atoms with Gasteiger partial charge in [0.1, 0.15) is 0 Å². The van der Waals surface area contributed by atoms with Gasteiger partial charge in [0.15, 0.2) is 0 Å². The number of hydrogen-bond acceptors (Lipinski definition) is 5. The number of rotatable bonds is 5. The molecule has 0 bridgehead atoms. The average Bonchev–Trinajstić information content (AvgIpc) is 2.98. The standard InChI is InChI=1S/C33H30N4O2/c1-36-17-19-37(20-18-36)28-14-12-27(13-15-28)34-22-31-30-21-26(11-16-29(30)32(38)35-33(31)39)25-9-7-24(8-10-25)23-5-3-2-4-6-23/h2-16,21-22,34H,17-20H2,1H3,(H,35,38,39). The van der Waals surface area contributed by atoms with Crippen LogP contribution in [0, 0.1) is 0 Å². The number of nitrogens with one attached hydrogen (secondary N) is 2. The Hall–Kier alpha value is -4.68. The van der Waals surface area contributed by atoms with Crippen LogP contribution in [-0.4, -0.2) is 49.9 Å². The van der Waals surface area contributed by atoms with Crippen molar-refractivity contribution in [3.63, 3.8) is 0 Å². The summed E-state index contributed by atoms with van der Waals surface area (Å²) in [5.74, 6) is -0.791. The fraction of sp³-hybridized carbons (Fsp3) is 0.152. The maximum absolute atomic E-state index is 12.9. The number of amides is 2. The highest BCUT2D eigenvalue weighted by molar-refractivity contribution is 6.31. The van der Waals surface area contributed by atoms with Crippen molar-refractivity contribution in [2.24, 2.45) is 0 Å². The van der Waals surface area contributed by atoms with Gasteiger partial charge in [-0.1, -0.05) is 60.7 Å². The number of likely N-dealkylation sites (N-methyl/N-ethyl adjacent to an activating group) is 1. The first-order chi connectivity index (χ1) is 19.0. The Kier molecular flexibility index (Phi) is 6.69. The molecule has 2 aliphatic heterocycles. The molecule has 0 aromatic heterocycles. The topological polar surface area (TPSA) is 64.7 Å². The van der Waals surface area contributed by atoms with Gasteiger partial charge in [0.05, 0.1) is 5.57 Å². The Morgan fingerprint density at radius 1 is 0.667 bits per heavy atom. The summed E-state index contributed by atoms with van der Waals surface area (Å²) in [5, 5.41) is 5.73. The van der Waals surface area contributed by atoms with E-state index in [9.17, 15) is 9.59 Å². The molecule has 2 amide bonds. The number of carbonyl (C=O) groups is 2. The highest BCUT2D eigenvalue weighted by atomic mass is 16.2. The minimum atomic E-state index is -0.411. The average molecular weight is 515 g/mol. The van der Waals surface area contributed by atoms with Gasteiger partial charge in [0.2, 0.25) is 0 Å². The van der Waals surface area contributed by atoms with Crippen LogP contribution < -0.4 is 15.5 Å². The maximum atomic E-state index is 12.9. The van der Waals surface area contributed by atoms with E-state index < -0.39 is 5.91 Å². The second-order valence-corrected chi connectivity index (χ2v) is 10.0. The predicted octanol–water partition coefficient (Wildman–Crippen LogP) is 5.50. The van der Waals surface area contributed by atoms with E-state index in [0.29, 0.717) is 16.7 Å². The number of benzene rings is 4. The number of anilines is 2. The molecule has 0 atom stereocenters. The summed E-state index contributed by atoms with van der Waals surface area (Å²) >= 11 is 0. The number of carbonyl (C=O) groups excluding carboxylic acids is 2. The highest BCUT2D eigenvalue weighted by Gasteiger charge is 2.27. The fourth-order valence-electron chi connectivity index (χ4n) is 5.12. The lowest BCUT2D eigenvalue weighted by atomic mass is 9.91. The zero-order valence-electron chi connectivity index (χ0n) is 21.9. The van der Waals surface area contributed by atoms with Crippen LogP contribution in [0.5, 0.6) is 0 Å². The van der Waals surface area contributed by atoms with Crippen LogP contribution in [0.4, 0.5) is 11.4 Å². The molecule has 194 valence electrons. The zero-order valence-corrected chi connectivity index (χ0v) is 21.9. The van der Waals surface area contributed by atoms with Gasteiger partial charge in [0.25, 0.3) is 11.8 Å². The number of fused-ring (bicyclic) bond motifs is 1. The lowest BCUT2D eigenvalue weighted by Gasteiger charge is -2.34. The molecule has 0 saturated carbocycles. The van der Waals surface area contributed by atoms with Crippen LogP contribution in [0.25, 0.3) is 27.8 Å². The molecule has 0 radical (unpaired) electrons. The van der Waals surface area contributed by atoms with Gasteiger partial charge in [-0.25, -0.2) is 0 Å². The molecule has 2 aliphatic rings. The molecule has 2 N–H and O–H groups in total. The van der Waals surface area contributed by atoms with E-state index in [-0.39, 0.29) is 5.91 Å². The van der Waals surface area contributed by atoms with Crippen molar-refractivity contribution in [3.05, 3.63) is 114 Å². The number of imide groups is 1. The number of hydrogen-bond donors (Lipinski definition) is 2. The van der Waals surface area contributed by atoms with E-state index >= 15 is 0 Å². The molecule has 2 heterocycles. The molecule has 0 spiro atoms. The van der Waals surface area contributed by atoms with E-state index in [4.69, 9.17) is 0 Å². The second kappa shape index (κ2) is 10.6. The van der Waals surface area contributed by atoms with Gasteiger partial charge in [-0.05, 0) is 65.7 Å². The first kappa shape index (κ1) is 24.6. The molecule has 1 fully saturated rings. The minimum Gasteiger partial charge on any atom is -0.369 e. The normalized spacial score (nSPS) is 16.6. The van der Waals surface area contributed by atoms with Crippen molar-refractivity contribution in [1.82, 2.24) is 10.2 Å². The molecule has 1 saturated heterocycles. The number of nitrogens with zero attached hydrogens (tertiary/aromatic N) is 2. The fourth-order valence-corrected chi connectivity index (χ4v) is 5.12. The largest absolute Gasteiger partial charge is 0.369 e. The Bertz CT molecular complexity index is 1540. The molecule has 0 unspecified atom stereocenters. The van der Waals surface area contributed by atoms with Gasteiger partial charge in [0, 0.05) is 54.9 Å². The smallest absolute Gasteiger partial charge is 0.260 e. The van der Waals surface area contributed by atoms with Crippen LogP contribution in [0.3, 0.4) is 0 Å². The molecule has 6 nitrogen and oxygen atoms in total. The quantitative estimate of drug-likeness (QED) is 0.272. The molecule has 39 heavy (non-hydrogen) atoms. The van der Waals surface area contributed by atoms with Crippen molar-refractivity contribution in [1.29, 1.82) is 0 Å². The Morgan fingerprint density at radius 2 is 1.28 bits per heavy atom. The second-order valence-electron chi connectivity index (χ2n) is 10.0. The summed E-state index contributed by atoms with van der Waals surface area (Å²) in [4.78, 5) is 30.2. The van der Waals surface area contributed by atoms with E-state index in [1.807, 2.05) is 42.5 Å². The molecular formula is C33H30N4O2. The van der Waals surface area contributed by atoms with Crippen molar-refractivity contribution in [2.45, 2.75) is 0 Å². The van der Waals surface area contributed by atoms with Crippen LogP contribution >= 0.6 is 0 Å². The monoisotopic (exact) mass is 514 g/mol. The molecular weight excluding hydrogens is 484 g/mol. The Morgan fingerprint density at radius 3 is 1.97 bits per heavy atom. The van der Waals surface area contributed by atoms with Gasteiger partial charge in [-0.15, -0.1) is 0 Å². The van der Waals surface area contributed by atoms with Crippen LogP contribution in [0.1, 0.15) is 15.9 Å². The van der Waals surface area contributed by atoms with Gasteiger partial charge in [-0.2, -0.15) is 0 Å². The SMILES string of the molecule is CN1CCN(c2ccc(NC=C3C(=O)NC(=O)c4ccc(-c5ccc(-c6ccccc6)cc5)cc43)cc2)CC1. The molecule has 4 aromatic carbocycles. The summed E-state index contributed by atoms with van der Waals surface area (Å²) in [5.41, 5.74) is 7.85. The van der Waals surface area contributed by atoms with E-state index in [1.54, 1.807) is 12.3 Å². The van der Waals surface area contributed by atoms with E-state index in [0.717, 1.165) is 54.1 Å². The molecule has 0 aliphatic carbocycles.